The van der Waals surface area contributed by atoms with Crippen LogP contribution in [0.3, 0.4) is 0 Å². The van der Waals surface area contributed by atoms with E-state index in [9.17, 15) is 14.0 Å². The largest absolute Gasteiger partial charge is 0.301 e. The van der Waals surface area contributed by atoms with Crippen molar-refractivity contribution >= 4 is 23.0 Å². The topological polar surface area (TPSA) is 52.0 Å². The van der Waals surface area contributed by atoms with Crippen molar-refractivity contribution in [3.05, 3.63) is 29.7 Å². The second-order valence-corrected chi connectivity index (χ2v) is 3.42. The smallest absolute Gasteiger partial charge is 0.180 e. The second-order valence-electron chi connectivity index (χ2n) is 3.42. The Balaban J connectivity index is 2.75. The Morgan fingerprint density at radius 2 is 2.31 bits per heavy atom. The quantitative estimate of drug-likeness (QED) is 0.582. The van der Waals surface area contributed by atoms with Crippen molar-refractivity contribution < 1.29 is 14.0 Å². The Kier molecular flexibility index (Phi) is 2.52. The molecule has 82 valence electrons. The summed E-state index contributed by atoms with van der Waals surface area (Å²) in [6, 6.07) is 4.03. The lowest BCUT2D eigenvalue weighted by Crippen LogP contribution is -2.02. The van der Waals surface area contributed by atoms with E-state index in [-0.39, 0.29) is 18.0 Å². The Bertz CT molecular complexity index is 575. The maximum atomic E-state index is 13.1. The first-order valence-electron chi connectivity index (χ1n) is 4.74. The number of carbonyl (C=O) groups is 2. The van der Waals surface area contributed by atoms with Gasteiger partial charge in [0.15, 0.2) is 5.78 Å². The van der Waals surface area contributed by atoms with E-state index in [1.807, 2.05) is 0 Å². The minimum atomic E-state index is -0.430. The summed E-state index contributed by atoms with van der Waals surface area (Å²) in [5, 5.41) is 4.43. The summed E-state index contributed by atoms with van der Waals surface area (Å²) >= 11 is 0. The van der Waals surface area contributed by atoms with Crippen LogP contribution in [0.4, 0.5) is 4.39 Å². The van der Waals surface area contributed by atoms with Crippen molar-refractivity contribution in [2.75, 3.05) is 0 Å². The van der Waals surface area contributed by atoms with Crippen molar-refractivity contribution in [2.24, 2.45) is 0 Å². The maximum Gasteiger partial charge on any atom is 0.180 e. The van der Waals surface area contributed by atoms with Gasteiger partial charge in [0.1, 0.15) is 17.8 Å². The minimum Gasteiger partial charge on any atom is -0.301 e. The number of rotatable bonds is 3. The highest BCUT2D eigenvalue weighted by Gasteiger charge is 2.14. The van der Waals surface area contributed by atoms with Gasteiger partial charge in [-0.25, -0.2) is 4.39 Å². The molecule has 5 heteroatoms. The van der Waals surface area contributed by atoms with E-state index < -0.39 is 5.82 Å². The van der Waals surface area contributed by atoms with Gasteiger partial charge in [0.2, 0.25) is 0 Å². The van der Waals surface area contributed by atoms with Gasteiger partial charge < -0.3 is 4.79 Å². The molecule has 1 aromatic carbocycles. The van der Waals surface area contributed by atoms with Gasteiger partial charge in [-0.3, -0.25) is 9.48 Å². The van der Waals surface area contributed by atoms with E-state index in [2.05, 4.69) is 5.10 Å². The van der Waals surface area contributed by atoms with Gasteiger partial charge in [0, 0.05) is 12.3 Å². The van der Waals surface area contributed by atoms with Gasteiger partial charge in [-0.1, -0.05) is 0 Å². The van der Waals surface area contributed by atoms with Gasteiger partial charge >= 0.3 is 0 Å². The normalized spacial score (nSPS) is 10.6. The number of Topliss-reactive ketones (excluding diaryl/α,β-unsaturated/α-hetero) is 1. The predicted molar refractivity (Wildman–Crippen MR) is 55.8 cm³/mol. The first kappa shape index (κ1) is 10.5. The Morgan fingerprint density at radius 3 is 2.94 bits per heavy atom. The average molecular weight is 220 g/mol. The van der Waals surface area contributed by atoms with Crippen molar-refractivity contribution in [1.82, 2.24) is 9.78 Å². The molecule has 0 bridgehead atoms. The number of hydrogen-bond donors (Lipinski definition) is 0. The molecular weight excluding hydrogens is 211 g/mol. The van der Waals surface area contributed by atoms with Crippen LogP contribution in [0.2, 0.25) is 0 Å². The highest BCUT2D eigenvalue weighted by molar-refractivity contribution is 6.04. The van der Waals surface area contributed by atoms with Crippen LogP contribution < -0.4 is 0 Å². The highest BCUT2D eigenvalue weighted by Crippen LogP contribution is 2.20. The summed E-state index contributed by atoms with van der Waals surface area (Å²) < 4.78 is 14.4. The molecule has 16 heavy (non-hydrogen) atoms. The molecule has 0 radical (unpaired) electrons. The van der Waals surface area contributed by atoms with Gasteiger partial charge in [-0.2, -0.15) is 5.10 Å². The molecule has 0 aliphatic carbocycles. The number of halogens is 1. The molecule has 2 rings (SSSR count). The molecule has 0 fully saturated rings. The lowest BCUT2D eigenvalue weighted by molar-refractivity contribution is -0.108. The lowest BCUT2D eigenvalue weighted by Gasteiger charge is -1.95. The molecule has 4 nitrogen and oxygen atoms in total. The molecule has 0 aliphatic heterocycles. The number of ketones is 1. The molecule has 0 spiro atoms. The summed E-state index contributed by atoms with van der Waals surface area (Å²) in [5.41, 5.74) is 0.773. The number of aromatic nitrogens is 2. The Labute approximate surface area is 90.7 Å². The maximum absolute atomic E-state index is 13.1. The van der Waals surface area contributed by atoms with E-state index in [4.69, 9.17) is 0 Å². The zero-order valence-corrected chi connectivity index (χ0v) is 8.61. The molecular formula is C11H9FN2O2. The summed E-state index contributed by atoms with van der Waals surface area (Å²) in [6.07, 6.45) is 0.680. The first-order chi connectivity index (χ1) is 7.63. The third kappa shape index (κ3) is 1.60. The zero-order chi connectivity index (χ0) is 11.7. The predicted octanol–water partition coefficient (Wildman–Crippen LogP) is 1.58. The van der Waals surface area contributed by atoms with Crippen LogP contribution in [-0.4, -0.2) is 21.8 Å². The minimum absolute atomic E-state index is 0.0510. The van der Waals surface area contributed by atoms with E-state index in [0.29, 0.717) is 17.2 Å². The van der Waals surface area contributed by atoms with E-state index >= 15 is 0 Å². The van der Waals surface area contributed by atoms with Crippen molar-refractivity contribution in [3.8, 4) is 0 Å². The Hall–Kier alpha value is -2.04. The van der Waals surface area contributed by atoms with Crippen LogP contribution in [0.15, 0.2) is 18.2 Å². The fourth-order valence-corrected chi connectivity index (χ4v) is 1.62. The van der Waals surface area contributed by atoms with Gasteiger partial charge in [0.05, 0.1) is 12.1 Å². The van der Waals surface area contributed by atoms with E-state index in [1.165, 1.54) is 29.8 Å². The third-order valence-electron chi connectivity index (χ3n) is 2.29. The molecule has 0 saturated carbocycles. The van der Waals surface area contributed by atoms with Gasteiger partial charge in [-0.05, 0) is 18.2 Å². The Morgan fingerprint density at radius 1 is 1.56 bits per heavy atom. The summed E-state index contributed by atoms with van der Waals surface area (Å²) in [6.45, 7) is 1.41. The van der Waals surface area contributed by atoms with Crippen LogP contribution in [0.25, 0.3) is 10.9 Å². The lowest BCUT2D eigenvalue weighted by atomic mass is 10.1. The SMILES string of the molecule is CC(=O)c1nn(CC=O)c2ccc(F)cc12. The van der Waals surface area contributed by atoms with Crippen LogP contribution in [0.5, 0.6) is 0 Å². The number of carbonyl (C=O) groups excluding carboxylic acids is 2. The third-order valence-corrected chi connectivity index (χ3v) is 2.29. The number of aldehydes is 1. The number of hydrogen-bond acceptors (Lipinski definition) is 3. The van der Waals surface area contributed by atoms with Crippen LogP contribution in [-0.2, 0) is 11.3 Å². The highest BCUT2D eigenvalue weighted by atomic mass is 19.1. The number of nitrogens with zero attached hydrogens (tertiary/aromatic N) is 2. The monoisotopic (exact) mass is 220 g/mol. The van der Waals surface area contributed by atoms with Crippen molar-refractivity contribution in [3.63, 3.8) is 0 Å². The summed E-state index contributed by atoms with van der Waals surface area (Å²) in [4.78, 5) is 21.7. The summed E-state index contributed by atoms with van der Waals surface area (Å²) in [5.74, 6) is -0.680. The van der Waals surface area contributed by atoms with E-state index in [0.717, 1.165) is 0 Å². The molecule has 1 aromatic heterocycles. The molecule has 0 N–H and O–H groups in total. The van der Waals surface area contributed by atoms with E-state index in [1.54, 1.807) is 0 Å². The molecule has 0 aliphatic rings. The number of benzene rings is 1. The van der Waals surface area contributed by atoms with Gasteiger partial charge in [-0.15, -0.1) is 0 Å². The molecule has 0 atom stereocenters. The summed E-state index contributed by atoms with van der Waals surface area (Å²) in [7, 11) is 0. The second kappa shape index (κ2) is 3.84. The molecule has 0 amide bonds. The van der Waals surface area contributed by atoms with Crippen LogP contribution in [0, 0.1) is 5.82 Å². The van der Waals surface area contributed by atoms with Crippen LogP contribution >= 0.6 is 0 Å². The first-order valence-corrected chi connectivity index (χ1v) is 4.74. The fourth-order valence-electron chi connectivity index (χ4n) is 1.62. The van der Waals surface area contributed by atoms with Crippen molar-refractivity contribution in [2.45, 2.75) is 13.5 Å². The standard InChI is InChI=1S/C11H9FN2O2/c1-7(16)11-9-6-8(12)2-3-10(9)14(13-11)4-5-15/h2-3,5-6H,4H2,1H3. The average Bonchev–Trinajstić information content (AvgIpc) is 2.57. The van der Waals surface area contributed by atoms with Gasteiger partial charge in [0.25, 0.3) is 0 Å². The number of fused-ring (bicyclic) bond motifs is 1. The molecule has 2 aromatic rings. The fraction of sp³-hybridized carbons (Fsp3) is 0.182. The van der Waals surface area contributed by atoms with Crippen LogP contribution in [0.1, 0.15) is 17.4 Å². The zero-order valence-electron chi connectivity index (χ0n) is 8.61. The molecule has 0 unspecified atom stereocenters. The molecule has 0 saturated heterocycles. The molecule has 1 heterocycles. The van der Waals surface area contributed by atoms with Crippen molar-refractivity contribution in [1.29, 1.82) is 0 Å².